The number of nitrogens with zero attached hydrogens (tertiary/aromatic N) is 7. The summed E-state index contributed by atoms with van der Waals surface area (Å²) in [4.78, 5) is 40.8. The van der Waals surface area contributed by atoms with Gasteiger partial charge in [-0.1, -0.05) is 59.2 Å². The lowest BCUT2D eigenvalue weighted by atomic mass is 10.2. The molecule has 6 N–H and O–H groups in total. The molecule has 0 saturated heterocycles. The Kier molecular flexibility index (Phi) is 24.5. The van der Waals surface area contributed by atoms with Gasteiger partial charge >= 0.3 is 0 Å². The van der Waals surface area contributed by atoms with Crippen molar-refractivity contribution in [1.82, 2.24) is 19.8 Å². The van der Waals surface area contributed by atoms with E-state index < -0.39 is 10.0 Å². The fourth-order valence-electron chi connectivity index (χ4n) is 5.53. The van der Waals surface area contributed by atoms with Crippen molar-refractivity contribution in [3.05, 3.63) is 85.1 Å². The van der Waals surface area contributed by atoms with Crippen LogP contribution in [0.15, 0.2) is 80.0 Å². The highest BCUT2D eigenvalue weighted by molar-refractivity contribution is 7.92. The molecule has 0 radical (unpaired) electrons. The highest BCUT2D eigenvalue weighted by atomic mass is 35.5. The van der Waals surface area contributed by atoms with Gasteiger partial charge in [0.25, 0.3) is 0 Å². The number of amides is 2. The van der Waals surface area contributed by atoms with Crippen LogP contribution in [0.2, 0.25) is 5.02 Å². The van der Waals surface area contributed by atoms with E-state index in [0.717, 1.165) is 41.6 Å². The van der Waals surface area contributed by atoms with Crippen molar-refractivity contribution in [2.75, 3.05) is 137 Å². The van der Waals surface area contributed by atoms with Crippen LogP contribution >= 0.6 is 11.6 Å². The van der Waals surface area contributed by atoms with E-state index in [1.54, 1.807) is 43.5 Å². The molecule has 4 rings (SSSR count). The second kappa shape index (κ2) is 27.1. The molecule has 360 valence electrons. The molecule has 4 aromatic rings. The van der Waals surface area contributed by atoms with E-state index in [9.17, 15) is 18.0 Å². The largest absolute Gasteiger partial charge is 0.495 e. The zero-order valence-electron chi connectivity index (χ0n) is 37.0. The van der Waals surface area contributed by atoms with Gasteiger partial charge in [0.05, 0.1) is 72.2 Å². The SMILES string of the molecule is C.C.C.C=CC(=O)Nc1cc(N)c(OC)cc1N(C)CCN(C)C.C=CC(=O)Nc1cc(Nc2ncc(Cl)c(Nc3ccccc3N(C)S(C)(=O)=O)n2)c(OC)cc1N(C)CCN(C)C. The van der Waals surface area contributed by atoms with Crippen molar-refractivity contribution >= 4 is 90.7 Å². The van der Waals surface area contributed by atoms with Crippen molar-refractivity contribution in [2.24, 2.45) is 0 Å². The van der Waals surface area contributed by atoms with E-state index in [1.165, 1.54) is 32.5 Å². The van der Waals surface area contributed by atoms with Crippen LogP contribution in [0.4, 0.5) is 57.3 Å². The number of nitrogen functional groups attached to an aromatic ring is 1. The van der Waals surface area contributed by atoms with Crippen molar-refractivity contribution in [3.63, 3.8) is 0 Å². The molecule has 3 aromatic carbocycles. The normalized spacial score (nSPS) is 10.4. The van der Waals surface area contributed by atoms with Gasteiger partial charge in [0.1, 0.15) is 16.5 Å². The third kappa shape index (κ3) is 17.3. The number of anilines is 10. The van der Waals surface area contributed by atoms with Crippen LogP contribution in [0.25, 0.3) is 0 Å². The second-order valence-corrected chi connectivity index (χ2v) is 16.8. The van der Waals surface area contributed by atoms with Crippen molar-refractivity contribution in [2.45, 2.75) is 22.3 Å². The van der Waals surface area contributed by atoms with Crippen LogP contribution in [0.3, 0.4) is 0 Å². The van der Waals surface area contributed by atoms with Crippen LogP contribution < -0.4 is 50.6 Å². The molecule has 0 unspecified atom stereocenters. The molecule has 65 heavy (non-hydrogen) atoms. The number of sulfonamides is 1. The maximum Gasteiger partial charge on any atom is 0.247 e. The van der Waals surface area contributed by atoms with E-state index in [2.05, 4.69) is 54.2 Å². The van der Waals surface area contributed by atoms with Gasteiger partial charge in [0, 0.05) is 59.5 Å². The number of halogens is 1. The fourth-order valence-corrected chi connectivity index (χ4v) is 6.19. The summed E-state index contributed by atoms with van der Waals surface area (Å²) in [5.41, 5.74) is 10.5. The number of aromatic nitrogens is 2. The van der Waals surface area contributed by atoms with Gasteiger partial charge in [-0.25, -0.2) is 13.4 Å². The van der Waals surface area contributed by atoms with Gasteiger partial charge in [0.2, 0.25) is 27.8 Å². The van der Waals surface area contributed by atoms with E-state index in [0.29, 0.717) is 52.2 Å². The summed E-state index contributed by atoms with van der Waals surface area (Å²) in [6, 6.07) is 13.9. The highest BCUT2D eigenvalue weighted by Crippen LogP contribution is 2.39. The minimum Gasteiger partial charge on any atom is -0.495 e. The Hall–Kier alpha value is -6.28. The number of benzene rings is 3. The first kappa shape index (κ1) is 58.7. The zero-order valence-corrected chi connectivity index (χ0v) is 38.6. The van der Waals surface area contributed by atoms with E-state index >= 15 is 0 Å². The number of ether oxygens (including phenoxy) is 2. The third-order valence-electron chi connectivity index (χ3n) is 9.12. The minimum absolute atomic E-state index is 0. The number of nitrogens with two attached hydrogens (primary N) is 1. The predicted molar refractivity (Wildman–Crippen MR) is 275 cm³/mol. The lowest BCUT2D eigenvalue weighted by Crippen LogP contribution is -2.29. The Morgan fingerprint density at radius 1 is 0.723 bits per heavy atom. The van der Waals surface area contributed by atoms with Gasteiger partial charge in [-0.15, -0.1) is 0 Å². The van der Waals surface area contributed by atoms with Crippen LogP contribution in [0, 0.1) is 0 Å². The summed E-state index contributed by atoms with van der Waals surface area (Å²) in [5.74, 6) is 0.855. The van der Waals surface area contributed by atoms with Crippen LogP contribution in [0.1, 0.15) is 22.3 Å². The summed E-state index contributed by atoms with van der Waals surface area (Å²) in [7, 11) is 12.9. The topological polar surface area (TPSA) is 203 Å². The maximum absolute atomic E-state index is 12.2. The average Bonchev–Trinajstić information content (AvgIpc) is 3.22. The summed E-state index contributed by atoms with van der Waals surface area (Å²) in [5, 5.41) is 12.1. The average molecular weight is 944 g/mol. The zero-order chi connectivity index (χ0) is 46.3. The molecule has 0 bridgehead atoms. The van der Waals surface area contributed by atoms with E-state index in [1.807, 2.05) is 64.2 Å². The lowest BCUT2D eigenvalue weighted by Gasteiger charge is -2.26. The monoisotopic (exact) mass is 943 g/mol. The number of para-hydroxylation sites is 2. The molecular weight excluding hydrogens is 872 g/mol. The minimum atomic E-state index is -3.51. The Balaban J connectivity index is 0.00000145. The third-order valence-corrected chi connectivity index (χ3v) is 10.6. The molecule has 18 nitrogen and oxygen atoms in total. The summed E-state index contributed by atoms with van der Waals surface area (Å²) >= 11 is 6.40. The van der Waals surface area contributed by atoms with Crippen molar-refractivity contribution in [3.8, 4) is 11.5 Å². The second-order valence-electron chi connectivity index (χ2n) is 14.4. The molecule has 2 amide bonds. The van der Waals surface area contributed by atoms with Gasteiger partial charge in [-0.05, 0) is 64.6 Å². The molecule has 1 aromatic heterocycles. The first-order valence-corrected chi connectivity index (χ1v) is 21.3. The van der Waals surface area contributed by atoms with Gasteiger partial charge in [-0.2, -0.15) is 4.98 Å². The number of methoxy groups -OCH3 is 2. The van der Waals surface area contributed by atoms with Crippen molar-refractivity contribution < 1.29 is 27.5 Å². The molecule has 1 heterocycles. The summed E-state index contributed by atoms with van der Waals surface area (Å²) < 4.78 is 36.4. The molecule has 0 atom stereocenters. The quantitative estimate of drug-likeness (QED) is 0.0432. The number of hydrogen-bond acceptors (Lipinski definition) is 15. The van der Waals surface area contributed by atoms with Crippen LogP contribution in [-0.4, -0.2) is 136 Å². The molecule has 0 aliphatic carbocycles. The predicted octanol–water partition coefficient (Wildman–Crippen LogP) is 7.45. The first-order valence-electron chi connectivity index (χ1n) is 19.1. The molecule has 0 saturated carbocycles. The number of carbonyl (C=O) groups excluding carboxylic acids is 2. The van der Waals surface area contributed by atoms with Gasteiger partial charge in [-0.3, -0.25) is 13.9 Å². The van der Waals surface area contributed by atoms with Gasteiger partial charge < -0.3 is 56.1 Å². The number of nitrogens with one attached hydrogen (secondary N) is 4. The van der Waals surface area contributed by atoms with Crippen LogP contribution in [0.5, 0.6) is 11.5 Å². The van der Waals surface area contributed by atoms with Gasteiger partial charge in [0.15, 0.2) is 5.82 Å². The Morgan fingerprint density at radius 2 is 1.22 bits per heavy atom. The van der Waals surface area contributed by atoms with Crippen molar-refractivity contribution in [1.29, 1.82) is 0 Å². The molecule has 0 aliphatic rings. The maximum atomic E-state index is 12.2. The Labute approximate surface area is 392 Å². The smallest absolute Gasteiger partial charge is 0.247 e. The number of hydrogen-bond donors (Lipinski definition) is 5. The number of rotatable bonds is 20. The first-order chi connectivity index (χ1) is 29.2. The number of likely N-dealkylation sites (N-methyl/N-ethyl adjacent to an activating group) is 4. The fraction of sp³-hybridized carbons (Fsp3) is 0.378. The molecule has 20 heteroatoms. The Morgan fingerprint density at radius 3 is 1.69 bits per heavy atom. The standard InChI is InChI=1S/C27H35ClN8O4S.C15H24N4O2.3CH4/c1-8-25(37)30-20-15-21(24(40-6)16-23(20)35(4)14-13-34(2)3)32-27-29-17-18(28)26(33-27)31-19-11-9-10-12-22(19)36(5)41(7,38)39;1-6-15(20)17-12-9-11(16)14(21-5)10-13(12)19(4)8-7-18(2)3;;;/h8-12,15-17H,1,13-14H2,2-7H3,(H,30,37)(H2,29,31,32,33);6,9-10H,1,7-8,16H2,2-5H3,(H,17,20);3*1H4. The van der Waals surface area contributed by atoms with E-state index in [4.69, 9.17) is 26.8 Å². The van der Waals surface area contributed by atoms with Crippen LogP contribution in [-0.2, 0) is 19.6 Å². The molecule has 0 spiro atoms. The number of carbonyl (C=O) groups is 2. The summed E-state index contributed by atoms with van der Waals surface area (Å²) in [6.07, 6.45) is 4.95. The lowest BCUT2D eigenvalue weighted by molar-refractivity contribution is -0.112. The van der Waals surface area contributed by atoms with E-state index in [-0.39, 0.29) is 50.9 Å². The Bertz CT molecular complexity index is 2310. The molecular formula is C45H71ClN12O6S. The molecule has 0 fully saturated rings. The molecule has 0 aliphatic heterocycles. The highest BCUT2D eigenvalue weighted by Gasteiger charge is 2.20. The summed E-state index contributed by atoms with van der Waals surface area (Å²) in [6.45, 7) is 10.2.